The number of methoxy groups -OCH3 is 1. The first kappa shape index (κ1) is 13.7. The molecule has 0 saturated heterocycles. The van der Waals surface area contributed by atoms with Crippen LogP contribution in [0.2, 0.25) is 0 Å². The van der Waals surface area contributed by atoms with E-state index in [1.165, 1.54) is 29.5 Å². The summed E-state index contributed by atoms with van der Waals surface area (Å²) in [6.07, 6.45) is 2.37. The topological polar surface area (TPSA) is 21.3 Å². The van der Waals surface area contributed by atoms with Gasteiger partial charge in [-0.2, -0.15) is 0 Å². The first-order valence-corrected chi connectivity index (χ1v) is 7.71. The van der Waals surface area contributed by atoms with Gasteiger partial charge in [-0.1, -0.05) is 30.3 Å². The van der Waals surface area contributed by atoms with Crippen molar-refractivity contribution >= 4 is 15.9 Å². The van der Waals surface area contributed by atoms with E-state index in [0.717, 1.165) is 16.8 Å². The largest absolute Gasteiger partial charge is 0.496 e. The Morgan fingerprint density at radius 3 is 2.90 bits per heavy atom. The molecule has 3 rings (SSSR count). The predicted molar refractivity (Wildman–Crippen MR) is 85.0 cm³/mol. The molecular formula is C17H18BrNO. The molecule has 0 spiro atoms. The Morgan fingerprint density at radius 1 is 1.25 bits per heavy atom. The Hall–Kier alpha value is -1.32. The second-order valence-electron chi connectivity index (χ2n) is 5.14. The Balaban J connectivity index is 1.67. The van der Waals surface area contributed by atoms with E-state index in [9.17, 15) is 0 Å². The van der Waals surface area contributed by atoms with Crippen molar-refractivity contribution in [2.45, 2.75) is 25.4 Å². The van der Waals surface area contributed by atoms with Gasteiger partial charge in [-0.15, -0.1) is 0 Å². The zero-order chi connectivity index (χ0) is 13.9. The molecule has 0 heterocycles. The molecule has 0 saturated carbocycles. The Morgan fingerprint density at radius 2 is 2.10 bits per heavy atom. The molecule has 1 unspecified atom stereocenters. The maximum Gasteiger partial charge on any atom is 0.133 e. The lowest BCUT2D eigenvalue weighted by Gasteiger charge is -2.14. The summed E-state index contributed by atoms with van der Waals surface area (Å²) in [5.41, 5.74) is 4.21. The molecule has 104 valence electrons. The molecule has 0 aromatic heterocycles. The SMILES string of the molecule is COc1ccc(CNC2CCc3ccccc32)cc1Br. The summed E-state index contributed by atoms with van der Waals surface area (Å²) in [6, 6.07) is 15.4. The first-order chi connectivity index (χ1) is 9.78. The van der Waals surface area contributed by atoms with Gasteiger partial charge in [-0.3, -0.25) is 0 Å². The number of rotatable bonds is 4. The standard InChI is InChI=1S/C17H18BrNO/c1-20-17-9-6-12(10-15(17)18)11-19-16-8-7-13-4-2-3-5-14(13)16/h2-6,9-10,16,19H,7-8,11H2,1H3. The average Bonchev–Trinajstić information content (AvgIpc) is 2.88. The molecule has 1 N–H and O–H groups in total. The lowest BCUT2D eigenvalue weighted by Crippen LogP contribution is -2.18. The van der Waals surface area contributed by atoms with Crippen molar-refractivity contribution in [2.24, 2.45) is 0 Å². The van der Waals surface area contributed by atoms with Gasteiger partial charge in [-0.25, -0.2) is 0 Å². The molecule has 2 nitrogen and oxygen atoms in total. The number of benzene rings is 2. The van der Waals surface area contributed by atoms with Gasteiger partial charge in [0, 0.05) is 12.6 Å². The molecule has 0 bridgehead atoms. The molecule has 0 aliphatic heterocycles. The third-order valence-corrected chi connectivity index (χ3v) is 4.52. The van der Waals surface area contributed by atoms with Crippen molar-refractivity contribution in [1.29, 1.82) is 0 Å². The van der Waals surface area contributed by atoms with Gasteiger partial charge < -0.3 is 10.1 Å². The summed E-state index contributed by atoms with van der Waals surface area (Å²) in [4.78, 5) is 0. The van der Waals surface area contributed by atoms with Crippen LogP contribution >= 0.6 is 15.9 Å². The van der Waals surface area contributed by atoms with Gasteiger partial charge in [0.05, 0.1) is 11.6 Å². The minimum absolute atomic E-state index is 0.479. The zero-order valence-corrected chi connectivity index (χ0v) is 13.1. The van der Waals surface area contributed by atoms with Crippen LogP contribution in [0.4, 0.5) is 0 Å². The van der Waals surface area contributed by atoms with Crippen LogP contribution in [0, 0.1) is 0 Å². The molecule has 2 aromatic rings. The van der Waals surface area contributed by atoms with E-state index in [4.69, 9.17) is 4.74 Å². The second kappa shape index (κ2) is 5.98. The summed E-state index contributed by atoms with van der Waals surface area (Å²) < 4.78 is 6.26. The Kier molecular flexibility index (Phi) is 4.08. The minimum atomic E-state index is 0.479. The van der Waals surface area contributed by atoms with Crippen LogP contribution < -0.4 is 10.1 Å². The van der Waals surface area contributed by atoms with Gasteiger partial charge in [0.25, 0.3) is 0 Å². The van der Waals surface area contributed by atoms with Crippen LogP contribution in [0.25, 0.3) is 0 Å². The number of halogens is 1. The Labute approximate surface area is 128 Å². The number of hydrogen-bond donors (Lipinski definition) is 1. The number of aryl methyl sites for hydroxylation is 1. The minimum Gasteiger partial charge on any atom is -0.496 e. The molecule has 1 aliphatic carbocycles. The highest BCUT2D eigenvalue weighted by Crippen LogP contribution is 2.31. The van der Waals surface area contributed by atoms with Crippen molar-refractivity contribution in [3.63, 3.8) is 0 Å². The summed E-state index contributed by atoms with van der Waals surface area (Å²) in [5.74, 6) is 0.875. The quantitative estimate of drug-likeness (QED) is 0.904. The maximum absolute atomic E-state index is 5.26. The van der Waals surface area contributed by atoms with E-state index in [2.05, 4.69) is 57.6 Å². The highest BCUT2D eigenvalue weighted by Gasteiger charge is 2.20. The van der Waals surface area contributed by atoms with E-state index in [-0.39, 0.29) is 0 Å². The average molecular weight is 332 g/mol. The van der Waals surface area contributed by atoms with E-state index in [1.54, 1.807) is 7.11 Å². The highest BCUT2D eigenvalue weighted by atomic mass is 79.9. The van der Waals surface area contributed by atoms with Crippen molar-refractivity contribution < 1.29 is 4.74 Å². The predicted octanol–water partition coefficient (Wildman–Crippen LogP) is 4.23. The van der Waals surface area contributed by atoms with Crippen molar-refractivity contribution in [3.8, 4) is 5.75 Å². The zero-order valence-electron chi connectivity index (χ0n) is 11.5. The molecule has 0 amide bonds. The number of nitrogens with one attached hydrogen (secondary N) is 1. The van der Waals surface area contributed by atoms with Gasteiger partial charge in [0.15, 0.2) is 0 Å². The van der Waals surface area contributed by atoms with Gasteiger partial charge >= 0.3 is 0 Å². The number of fused-ring (bicyclic) bond motifs is 1. The fourth-order valence-corrected chi connectivity index (χ4v) is 3.42. The normalized spacial score (nSPS) is 17.0. The van der Waals surface area contributed by atoms with E-state index in [1.807, 2.05) is 6.07 Å². The molecule has 20 heavy (non-hydrogen) atoms. The first-order valence-electron chi connectivity index (χ1n) is 6.91. The van der Waals surface area contributed by atoms with Gasteiger partial charge in [-0.05, 0) is 57.6 Å². The third kappa shape index (κ3) is 2.74. The van der Waals surface area contributed by atoms with Crippen LogP contribution in [-0.2, 0) is 13.0 Å². The molecule has 1 aliphatic rings. The summed E-state index contributed by atoms with van der Waals surface area (Å²) in [7, 11) is 1.69. The van der Waals surface area contributed by atoms with Crippen LogP contribution in [0.5, 0.6) is 5.75 Å². The van der Waals surface area contributed by atoms with E-state index in [0.29, 0.717) is 6.04 Å². The molecule has 0 radical (unpaired) electrons. The van der Waals surface area contributed by atoms with Crippen LogP contribution in [0.15, 0.2) is 46.9 Å². The third-order valence-electron chi connectivity index (χ3n) is 3.90. The smallest absolute Gasteiger partial charge is 0.133 e. The second-order valence-corrected chi connectivity index (χ2v) is 5.99. The van der Waals surface area contributed by atoms with E-state index >= 15 is 0 Å². The summed E-state index contributed by atoms with van der Waals surface area (Å²) in [5, 5.41) is 3.66. The van der Waals surface area contributed by atoms with Crippen LogP contribution in [-0.4, -0.2) is 7.11 Å². The lowest BCUT2D eigenvalue weighted by atomic mass is 10.1. The highest BCUT2D eigenvalue weighted by molar-refractivity contribution is 9.10. The fraction of sp³-hybridized carbons (Fsp3) is 0.294. The summed E-state index contributed by atoms with van der Waals surface area (Å²) in [6.45, 7) is 0.877. The number of hydrogen-bond acceptors (Lipinski definition) is 2. The number of ether oxygens (including phenoxy) is 1. The summed E-state index contributed by atoms with van der Waals surface area (Å²) >= 11 is 3.53. The molecule has 1 atom stereocenters. The molecular weight excluding hydrogens is 314 g/mol. The molecule has 0 fully saturated rings. The maximum atomic E-state index is 5.26. The van der Waals surface area contributed by atoms with Crippen molar-refractivity contribution in [3.05, 3.63) is 63.6 Å². The lowest BCUT2D eigenvalue weighted by molar-refractivity contribution is 0.412. The monoisotopic (exact) mass is 331 g/mol. The van der Waals surface area contributed by atoms with Crippen molar-refractivity contribution in [1.82, 2.24) is 5.32 Å². The van der Waals surface area contributed by atoms with Crippen molar-refractivity contribution in [2.75, 3.05) is 7.11 Å². The van der Waals surface area contributed by atoms with Gasteiger partial charge in [0.1, 0.15) is 5.75 Å². The van der Waals surface area contributed by atoms with Crippen LogP contribution in [0.1, 0.15) is 29.2 Å². The molecule has 3 heteroatoms. The Bertz CT molecular complexity index is 612. The van der Waals surface area contributed by atoms with E-state index < -0.39 is 0 Å². The fourth-order valence-electron chi connectivity index (χ4n) is 2.83. The van der Waals surface area contributed by atoms with Crippen LogP contribution in [0.3, 0.4) is 0 Å². The molecule has 2 aromatic carbocycles. The van der Waals surface area contributed by atoms with Gasteiger partial charge in [0.2, 0.25) is 0 Å².